The van der Waals surface area contributed by atoms with Crippen molar-refractivity contribution in [2.24, 2.45) is 5.92 Å². The molecule has 0 saturated carbocycles. The average molecular weight is 236 g/mol. The van der Waals surface area contributed by atoms with Gasteiger partial charge in [-0.2, -0.15) is 0 Å². The first-order chi connectivity index (χ1) is 7.61. The van der Waals surface area contributed by atoms with Gasteiger partial charge in [-0.15, -0.1) is 0 Å². The van der Waals surface area contributed by atoms with Crippen LogP contribution >= 0.6 is 11.8 Å². The standard InChI is InChI=1S/C14H20OS/c1-5-7-9-13(8-6-2)14(15)16-11-10-12(3)4/h5-9,12H,1-2,10-11H2,3-4H3/b9-7-,13-8+. The van der Waals surface area contributed by atoms with Crippen molar-refractivity contribution in [2.75, 3.05) is 5.75 Å². The number of thioether (sulfide) groups is 1. The van der Waals surface area contributed by atoms with Crippen molar-refractivity contribution in [3.8, 4) is 0 Å². The van der Waals surface area contributed by atoms with Crippen molar-refractivity contribution in [1.82, 2.24) is 0 Å². The Balaban J connectivity index is 4.29. The highest BCUT2D eigenvalue weighted by Gasteiger charge is 2.06. The second kappa shape index (κ2) is 9.22. The quantitative estimate of drug-likeness (QED) is 0.488. The van der Waals surface area contributed by atoms with E-state index < -0.39 is 0 Å². The zero-order valence-corrected chi connectivity index (χ0v) is 10.9. The van der Waals surface area contributed by atoms with Gasteiger partial charge in [-0.25, -0.2) is 0 Å². The molecule has 0 bridgehead atoms. The van der Waals surface area contributed by atoms with E-state index in [9.17, 15) is 4.79 Å². The third-order valence-corrected chi connectivity index (χ3v) is 2.81. The molecule has 0 radical (unpaired) electrons. The number of hydrogen-bond donors (Lipinski definition) is 0. The molecule has 0 rings (SSSR count). The van der Waals surface area contributed by atoms with Gasteiger partial charge in [-0.05, 0) is 12.3 Å². The summed E-state index contributed by atoms with van der Waals surface area (Å²) in [6, 6.07) is 0. The summed E-state index contributed by atoms with van der Waals surface area (Å²) in [7, 11) is 0. The molecule has 0 aromatic rings. The number of carbonyl (C=O) groups is 1. The van der Waals surface area contributed by atoms with Crippen LogP contribution < -0.4 is 0 Å². The number of allylic oxidation sites excluding steroid dienone is 5. The molecule has 0 atom stereocenters. The van der Waals surface area contributed by atoms with Gasteiger partial charge in [0.2, 0.25) is 5.12 Å². The predicted molar refractivity (Wildman–Crippen MR) is 74.5 cm³/mol. The molecule has 0 aliphatic carbocycles. The van der Waals surface area contributed by atoms with Crippen LogP contribution in [0.2, 0.25) is 0 Å². The molecule has 16 heavy (non-hydrogen) atoms. The largest absolute Gasteiger partial charge is 0.282 e. The molecule has 0 unspecified atom stereocenters. The minimum Gasteiger partial charge on any atom is -0.282 e. The van der Waals surface area contributed by atoms with Crippen LogP contribution in [0, 0.1) is 5.92 Å². The number of rotatable bonds is 7. The zero-order chi connectivity index (χ0) is 12.4. The first-order valence-corrected chi connectivity index (χ1v) is 6.39. The van der Waals surface area contributed by atoms with Crippen molar-refractivity contribution in [3.05, 3.63) is 49.1 Å². The van der Waals surface area contributed by atoms with Crippen LogP contribution in [0.4, 0.5) is 0 Å². The Morgan fingerprint density at radius 3 is 2.50 bits per heavy atom. The van der Waals surface area contributed by atoms with Gasteiger partial charge in [-0.3, -0.25) is 4.79 Å². The Morgan fingerprint density at radius 1 is 1.31 bits per heavy atom. The summed E-state index contributed by atoms with van der Waals surface area (Å²) in [5.74, 6) is 1.50. The van der Waals surface area contributed by atoms with Gasteiger partial charge in [0.1, 0.15) is 0 Å². The smallest absolute Gasteiger partial charge is 0.219 e. The summed E-state index contributed by atoms with van der Waals surface area (Å²) < 4.78 is 0. The SMILES string of the molecule is C=C/C=C\C(=C/C=C)C(=O)SCCC(C)C. The second-order valence-corrected chi connectivity index (χ2v) is 4.84. The lowest BCUT2D eigenvalue weighted by Crippen LogP contribution is -1.98. The van der Waals surface area contributed by atoms with Crippen LogP contribution in [0.3, 0.4) is 0 Å². The maximum atomic E-state index is 11.8. The van der Waals surface area contributed by atoms with Crippen LogP contribution in [-0.4, -0.2) is 10.9 Å². The predicted octanol–water partition coefficient (Wildman–Crippen LogP) is 4.15. The molecule has 0 aromatic carbocycles. The minimum absolute atomic E-state index is 0.0960. The van der Waals surface area contributed by atoms with Gasteiger partial charge in [0.15, 0.2) is 0 Å². The normalized spacial score (nSPS) is 12.1. The van der Waals surface area contributed by atoms with E-state index in [1.807, 2.05) is 0 Å². The fraction of sp³-hybridized carbons (Fsp3) is 0.357. The van der Waals surface area contributed by atoms with Crippen molar-refractivity contribution in [2.45, 2.75) is 20.3 Å². The topological polar surface area (TPSA) is 17.1 Å². The Labute approximate surface area is 103 Å². The van der Waals surface area contributed by atoms with Gasteiger partial charge in [0, 0.05) is 11.3 Å². The van der Waals surface area contributed by atoms with Gasteiger partial charge in [-0.1, -0.05) is 69.1 Å². The Hall–Kier alpha value is -1.02. The fourth-order valence-electron chi connectivity index (χ4n) is 0.961. The van der Waals surface area contributed by atoms with E-state index in [4.69, 9.17) is 0 Å². The second-order valence-electron chi connectivity index (χ2n) is 3.77. The lowest BCUT2D eigenvalue weighted by molar-refractivity contribution is -0.107. The average Bonchev–Trinajstić information content (AvgIpc) is 2.23. The van der Waals surface area contributed by atoms with Crippen LogP contribution in [0.5, 0.6) is 0 Å². The maximum Gasteiger partial charge on any atom is 0.219 e. The third-order valence-electron chi connectivity index (χ3n) is 1.87. The lowest BCUT2D eigenvalue weighted by atomic mass is 10.2. The maximum absolute atomic E-state index is 11.8. The van der Waals surface area contributed by atoms with E-state index in [-0.39, 0.29) is 5.12 Å². The molecule has 0 aliphatic rings. The zero-order valence-electron chi connectivity index (χ0n) is 10.1. The molecule has 1 nitrogen and oxygen atoms in total. The van der Waals surface area contributed by atoms with Gasteiger partial charge in [0.05, 0.1) is 0 Å². The van der Waals surface area contributed by atoms with Crippen LogP contribution in [-0.2, 0) is 4.79 Å². The molecule has 0 saturated heterocycles. The van der Waals surface area contributed by atoms with E-state index in [1.54, 1.807) is 30.4 Å². The Bertz CT molecular complexity index is 298. The molecule has 2 heteroatoms. The molecule has 0 amide bonds. The number of carbonyl (C=O) groups excluding carboxylic acids is 1. The van der Waals surface area contributed by atoms with E-state index in [0.29, 0.717) is 11.5 Å². The summed E-state index contributed by atoms with van der Waals surface area (Å²) in [6.45, 7) is 11.5. The van der Waals surface area contributed by atoms with Crippen molar-refractivity contribution in [3.63, 3.8) is 0 Å². The van der Waals surface area contributed by atoms with E-state index in [2.05, 4.69) is 27.0 Å². The van der Waals surface area contributed by atoms with Crippen molar-refractivity contribution >= 4 is 16.9 Å². The van der Waals surface area contributed by atoms with Gasteiger partial charge < -0.3 is 0 Å². The highest BCUT2D eigenvalue weighted by atomic mass is 32.2. The van der Waals surface area contributed by atoms with Crippen LogP contribution in [0.1, 0.15) is 20.3 Å². The Morgan fingerprint density at radius 2 is 2.00 bits per heavy atom. The van der Waals surface area contributed by atoms with Gasteiger partial charge in [0.25, 0.3) is 0 Å². The first kappa shape index (κ1) is 15.0. The van der Waals surface area contributed by atoms with Crippen molar-refractivity contribution in [1.29, 1.82) is 0 Å². The number of hydrogen-bond acceptors (Lipinski definition) is 2. The van der Waals surface area contributed by atoms with Crippen LogP contribution in [0.15, 0.2) is 49.1 Å². The highest BCUT2D eigenvalue weighted by Crippen LogP contribution is 2.15. The molecular formula is C14H20OS. The minimum atomic E-state index is 0.0960. The third kappa shape index (κ3) is 7.30. The van der Waals surface area contributed by atoms with E-state index >= 15 is 0 Å². The first-order valence-electron chi connectivity index (χ1n) is 5.40. The molecule has 0 N–H and O–H groups in total. The summed E-state index contributed by atoms with van der Waals surface area (Å²) in [5, 5.41) is 0.0960. The molecule has 0 aliphatic heterocycles. The fourth-order valence-corrected chi connectivity index (χ4v) is 2.04. The monoisotopic (exact) mass is 236 g/mol. The summed E-state index contributed by atoms with van der Waals surface area (Å²) in [4.78, 5) is 11.8. The van der Waals surface area contributed by atoms with Gasteiger partial charge >= 0.3 is 0 Å². The molecule has 88 valence electrons. The molecule has 0 aromatic heterocycles. The molecular weight excluding hydrogens is 216 g/mol. The summed E-state index contributed by atoms with van der Waals surface area (Å²) in [6.07, 6.45) is 9.59. The highest BCUT2D eigenvalue weighted by molar-refractivity contribution is 8.14. The van der Waals surface area contributed by atoms with E-state index in [0.717, 1.165) is 12.2 Å². The molecule has 0 fully saturated rings. The molecule has 0 heterocycles. The lowest BCUT2D eigenvalue weighted by Gasteiger charge is -2.03. The van der Waals surface area contributed by atoms with Crippen LogP contribution in [0.25, 0.3) is 0 Å². The Kier molecular flexibility index (Phi) is 8.64. The summed E-state index contributed by atoms with van der Waals surface area (Å²) >= 11 is 1.36. The summed E-state index contributed by atoms with van der Waals surface area (Å²) in [5.41, 5.74) is 0.670. The molecule has 0 spiro atoms. The van der Waals surface area contributed by atoms with Crippen molar-refractivity contribution < 1.29 is 4.79 Å². The van der Waals surface area contributed by atoms with E-state index in [1.165, 1.54) is 11.8 Å².